The van der Waals surface area contributed by atoms with Crippen molar-refractivity contribution in [1.29, 1.82) is 0 Å². The summed E-state index contributed by atoms with van der Waals surface area (Å²) >= 11 is 0. The quantitative estimate of drug-likeness (QED) is 0.379. The Morgan fingerprint density at radius 1 is 0.938 bits per heavy atom. The van der Waals surface area contributed by atoms with Crippen molar-refractivity contribution in [1.82, 2.24) is 10.2 Å². The van der Waals surface area contributed by atoms with E-state index in [-0.39, 0.29) is 25.2 Å². The van der Waals surface area contributed by atoms with Crippen LogP contribution in [0.3, 0.4) is 0 Å². The summed E-state index contributed by atoms with van der Waals surface area (Å²) in [7, 11) is 0. The van der Waals surface area contributed by atoms with Crippen LogP contribution in [0.4, 0.5) is 0 Å². The number of nitrogens with one attached hydrogen (secondary N) is 1. The molecule has 0 bridgehead atoms. The second-order valence-electron chi connectivity index (χ2n) is 8.51. The van der Waals surface area contributed by atoms with E-state index >= 15 is 0 Å². The lowest BCUT2D eigenvalue weighted by Crippen LogP contribution is -2.54. The van der Waals surface area contributed by atoms with Crippen LogP contribution in [0.15, 0.2) is 18.2 Å². The highest BCUT2D eigenvalue weighted by Gasteiger charge is 2.45. The van der Waals surface area contributed by atoms with Gasteiger partial charge in [0.2, 0.25) is 11.8 Å². The summed E-state index contributed by atoms with van der Waals surface area (Å²) in [5.41, 5.74) is 1.54. The Labute approximate surface area is 187 Å². The van der Waals surface area contributed by atoms with Gasteiger partial charge in [0, 0.05) is 12.8 Å². The summed E-state index contributed by atoms with van der Waals surface area (Å²) < 4.78 is 0. The molecule has 3 rings (SSSR count). The summed E-state index contributed by atoms with van der Waals surface area (Å²) in [4.78, 5) is 61.0. The molecule has 4 amide bonds. The fourth-order valence-electron chi connectivity index (χ4n) is 4.45. The Morgan fingerprint density at radius 3 is 2.25 bits per heavy atom. The number of aryl methyl sites for hydroxylation is 1. The van der Waals surface area contributed by atoms with E-state index in [4.69, 9.17) is 5.11 Å². The van der Waals surface area contributed by atoms with Crippen molar-refractivity contribution in [2.45, 2.75) is 83.1 Å². The Morgan fingerprint density at radius 2 is 1.59 bits per heavy atom. The molecule has 1 aromatic carbocycles. The second-order valence-corrected chi connectivity index (χ2v) is 8.51. The molecule has 8 nitrogen and oxygen atoms in total. The molecule has 32 heavy (non-hydrogen) atoms. The number of carboxylic acid groups (broad SMARTS) is 1. The lowest BCUT2D eigenvalue weighted by Gasteiger charge is -2.27. The van der Waals surface area contributed by atoms with Crippen LogP contribution in [0.5, 0.6) is 0 Å². The molecule has 2 aliphatic heterocycles. The minimum absolute atomic E-state index is 0.107. The van der Waals surface area contributed by atoms with E-state index in [1.807, 2.05) is 6.07 Å². The number of amides is 4. The first-order valence-corrected chi connectivity index (χ1v) is 11.5. The van der Waals surface area contributed by atoms with Crippen molar-refractivity contribution in [3.05, 3.63) is 34.9 Å². The first-order chi connectivity index (χ1) is 15.4. The molecule has 1 atom stereocenters. The van der Waals surface area contributed by atoms with E-state index in [0.29, 0.717) is 17.5 Å². The third-order valence-corrected chi connectivity index (χ3v) is 6.14. The van der Waals surface area contributed by atoms with Crippen molar-refractivity contribution in [3.63, 3.8) is 0 Å². The summed E-state index contributed by atoms with van der Waals surface area (Å²) in [6.45, 7) is 0. The monoisotopic (exact) mass is 442 g/mol. The number of fused-ring (bicyclic) bond motifs is 1. The number of imide groups is 2. The van der Waals surface area contributed by atoms with Gasteiger partial charge < -0.3 is 5.11 Å². The second kappa shape index (κ2) is 11.0. The van der Waals surface area contributed by atoms with Gasteiger partial charge >= 0.3 is 5.97 Å². The van der Waals surface area contributed by atoms with E-state index in [2.05, 4.69) is 5.32 Å². The number of carbonyl (C=O) groups is 5. The van der Waals surface area contributed by atoms with Crippen molar-refractivity contribution in [3.8, 4) is 0 Å². The number of carbonyl (C=O) groups excluding carboxylic acids is 4. The highest BCUT2D eigenvalue weighted by atomic mass is 16.4. The van der Waals surface area contributed by atoms with Crippen LogP contribution in [0, 0.1) is 0 Å². The number of rotatable bonds is 12. The Balaban J connectivity index is 1.48. The van der Waals surface area contributed by atoms with Crippen LogP contribution in [0.1, 0.15) is 96.9 Å². The molecule has 0 spiro atoms. The molecule has 2 N–H and O–H groups in total. The average Bonchev–Trinajstić information content (AvgIpc) is 3.00. The number of nitrogens with zero attached hydrogens (tertiary/aromatic N) is 1. The van der Waals surface area contributed by atoms with E-state index < -0.39 is 29.7 Å². The molecule has 0 aromatic heterocycles. The van der Waals surface area contributed by atoms with Gasteiger partial charge in [0.15, 0.2) is 0 Å². The highest BCUT2D eigenvalue weighted by molar-refractivity contribution is 6.24. The summed E-state index contributed by atoms with van der Waals surface area (Å²) in [5, 5.41) is 10.8. The van der Waals surface area contributed by atoms with Crippen LogP contribution in [0.25, 0.3) is 0 Å². The molecule has 2 aliphatic rings. The van der Waals surface area contributed by atoms with Crippen molar-refractivity contribution in [2.24, 2.45) is 0 Å². The maximum atomic E-state index is 13.1. The Hall–Kier alpha value is -3.03. The zero-order valence-electron chi connectivity index (χ0n) is 18.2. The lowest BCUT2D eigenvalue weighted by molar-refractivity contribution is -0.138. The molecular weight excluding hydrogens is 412 g/mol. The standard InChI is InChI=1S/C24H30N2O6/c27-19-15-14-18(22(30)25-19)26-23(31)17-12-9-11-16(21(17)24(26)32)10-7-5-3-1-2-4-6-8-13-20(28)29/h9,11-12,18H,1-8,10,13-15H2,(H,28,29)(H,25,27,30). The molecule has 172 valence electrons. The maximum absolute atomic E-state index is 13.1. The topological polar surface area (TPSA) is 121 Å². The third kappa shape index (κ3) is 5.60. The van der Waals surface area contributed by atoms with Crippen molar-refractivity contribution in [2.75, 3.05) is 0 Å². The van der Waals surface area contributed by atoms with Gasteiger partial charge in [-0.05, 0) is 37.3 Å². The Bertz CT molecular complexity index is 910. The third-order valence-electron chi connectivity index (χ3n) is 6.14. The maximum Gasteiger partial charge on any atom is 0.303 e. The van der Waals surface area contributed by atoms with E-state index in [1.54, 1.807) is 12.1 Å². The molecule has 1 saturated heterocycles. The van der Waals surface area contributed by atoms with Crippen LogP contribution in [0.2, 0.25) is 0 Å². The predicted octanol–water partition coefficient (Wildman–Crippen LogP) is 3.23. The van der Waals surface area contributed by atoms with Gasteiger partial charge in [-0.1, -0.05) is 50.7 Å². The minimum atomic E-state index is -0.941. The van der Waals surface area contributed by atoms with E-state index in [9.17, 15) is 24.0 Å². The van der Waals surface area contributed by atoms with Crippen LogP contribution in [-0.4, -0.2) is 45.6 Å². The van der Waals surface area contributed by atoms with Gasteiger partial charge in [0.25, 0.3) is 11.8 Å². The van der Waals surface area contributed by atoms with Gasteiger partial charge in [-0.3, -0.25) is 34.2 Å². The van der Waals surface area contributed by atoms with Gasteiger partial charge in [-0.25, -0.2) is 0 Å². The number of hydrogen-bond donors (Lipinski definition) is 2. The Kier molecular flexibility index (Phi) is 8.14. The van der Waals surface area contributed by atoms with Gasteiger partial charge in [0.05, 0.1) is 11.1 Å². The first-order valence-electron chi connectivity index (χ1n) is 11.5. The molecule has 0 saturated carbocycles. The number of unbranched alkanes of at least 4 members (excludes halogenated alkanes) is 7. The number of benzene rings is 1. The molecule has 1 aromatic rings. The smallest absolute Gasteiger partial charge is 0.303 e. The number of aliphatic carboxylic acids is 1. The van der Waals surface area contributed by atoms with Gasteiger partial charge in [0.1, 0.15) is 6.04 Å². The van der Waals surface area contributed by atoms with E-state index in [0.717, 1.165) is 61.8 Å². The van der Waals surface area contributed by atoms with Crippen molar-refractivity contribution < 1.29 is 29.1 Å². The zero-order chi connectivity index (χ0) is 23.1. The molecule has 2 heterocycles. The van der Waals surface area contributed by atoms with Crippen LogP contribution >= 0.6 is 0 Å². The lowest BCUT2D eigenvalue weighted by atomic mass is 9.97. The number of piperidine rings is 1. The SMILES string of the molecule is O=C(O)CCCCCCCCCCc1cccc2c1C(=O)N(C1CCC(=O)NC1=O)C2=O. The molecule has 8 heteroatoms. The van der Waals surface area contributed by atoms with E-state index in [1.165, 1.54) is 0 Å². The van der Waals surface area contributed by atoms with Gasteiger partial charge in [-0.15, -0.1) is 0 Å². The molecule has 1 unspecified atom stereocenters. The van der Waals surface area contributed by atoms with Crippen LogP contribution in [-0.2, 0) is 20.8 Å². The molecule has 1 fully saturated rings. The van der Waals surface area contributed by atoms with Crippen molar-refractivity contribution >= 4 is 29.6 Å². The first kappa shape index (κ1) is 23.6. The fourth-order valence-corrected chi connectivity index (χ4v) is 4.45. The number of hydrogen-bond acceptors (Lipinski definition) is 5. The summed E-state index contributed by atoms with van der Waals surface area (Å²) in [6, 6.07) is 4.31. The van der Waals surface area contributed by atoms with Crippen LogP contribution < -0.4 is 5.32 Å². The largest absolute Gasteiger partial charge is 0.481 e. The molecule has 0 radical (unpaired) electrons. The summed E-state index contributed by atoms with van der Waals surface area (Å²) in [6.07, 6.45) is 9.09. The van der Waals surface area contributed by atoms with Gasteiger partial charge in [-0.2, -0.15) is 0 Å². The predicted molar refractivity (Wildman–Crippen MR) is 116 cm³/mol. The molecular formula is C24H30N2O6. The highest BCUT2D eigenvalue weighted by Crippen LogP contribution is 2.30. The average molecular weight is 443 g/mol. The number of carboxylic acids is 1. The summed E-state index contributed by atoms with van der Waals surface area (Å²) in [5.74, 6) is -2.64. The molecule has 0 aliphatic carbocycles. The fraction of sp³-hybridized carbons (Fsp3) is 0.542. The normalized spacial score (nSPS) is 18.1. The minimum Gasteiger partial charge on any atom is -0.481 e. The zero-order valence-corrected chi connectivity index (χ0v) is 18.2.